The molecule has 182 valence electrons. The first-order valence-corrected chi connectivity index (χ1v) is 11.7. The van der Waals surface area contributed by atoms with Gasteiger partial charge in [0.1, 0.15) is 11.6 Å². The van der Waals surface area contributed by atoms with Gasteiger partial charge in [0.25, 0.3) is 5.56 Å². The van der Waals surface area contributed by atoms with Crippen LogP contribution in [0.25, 0.3) is 16.6 Å². The van der Waals surface area contributed by atoms with E-state index >= 15 is 0 Å². The molecule has 1 heterocycles. The fraction of sp³-hybridized carbons (Fsp3) is 0.444. The zero-order valence-electron chi connectivity index (χ0n) is 21.0. The molecule has 0 bridgehead atoms. The molecule has 1 aromatic heterocycles. The highest BCUT2D eigenvalue weighted by atomic mass is 19.1. The van der Waals surface area contributed by atoms with E-state index in [0.29, 0.717) is 48.3 Å². The normalized spacial score (nSPS) is 12.8. The van der Waals surface area contributed by atoms with Crippen molar-refractivity contribution in [2.24, 2.45) is 5.41 Å². The summed E-state index contributed by atoms with van der Waals surface area (Å²) in [6, 6.07) is 12.6. The van der Waals surface area contributed by atoms with Crippen molar-refractivity contribution in [2.75, 3.05) is 27.2 Å². The smallest absolute Gasteiger partial charge is 0.266 e. The maximum Gasteiger partial charge on any atom is 0.266 e. The lowest BCUT2D eigenvalue weighted by molar-refractivity contribution is -0.136. The molecule has 1 atom stereocenters. The molecule has 2 aromatic carbocycles. The monoisotopic (exact) mass is 466 g/mol. The first-order valence-electron chi connectivity index (χ1n) is 11.7. The Morgan fingerprint density at radius 1 is 1.06 bits per heavy atom. The van der Waals surface area contributed by atoms with Crippen molar-refractivity contribution in [1.29, 1.82) is 0 Å². The molecule has 0 saturated heterocycles. The maximum atomic E-state index is 13.7. The molecule has 0 aliphatic rings. The molecule has 0 N–H and O–H groups in total. The largest absolute Gasteiger partial charge is 0.331 e. The summed E-state index contributed by atoms with van der Waals surface area (Å²) in [4.78, 5) is 36.0. The van der Waals surface area contributed by atoms with Crippen LogP contribution in [0.3, 0.4) is 0 Å². The van der Waals surface area contributed by atoms with Crippen LogP contribution in [0.1, 0.15) is 52.4 Å². The van der Waals surface area contributed by atoms with E-state index in [0.717, 1.165) is 0 Å². The first-order chi connectivity index (χ1) is 16.0. The number of hydrogen-bond donors (Lipinski definition) is 0. The van der Waals surface area contributed by atoms with Gasteiger partial charge in [0.15, 0.2) is 0 Å². The van der Waals surface area contributed by atoms with Crippen LogP contribution in [-0.4, -0.2) is 52.4 Å². The molecular formula is C27H35FN4O2. The zero-order valence-corrected chi connectivity index (χ0v) is 21.0. The van der Waals surface area contributed by atoms with Gasteiger partial charge < -0.3 is 9.80 Å². The van der Waals surface area contributed by atoms with Crippen molar-refractivity contribution in [2.45, 2.75) is 46.6 Å². The summed E-state index contributed by atoms with van der Waals surface area (Å²) in [5, 5.41) is 0.478. The lowest BCUT2D eigenvalue weighted by atomic mass is 9.91. The zero-order chi connectivity index (χ0) is 25.0. The van der Waals surface area contributed by atoms with Crippen LogP contribution in [0.2, 0.25) is 0 Å². The molecule has 6 nitrogen and oxygen atoms in total. The van der Waals surface area contributed by atoms with Gasteiger partial charge in [-0.15, -0.1) is 0 Å². The van der Waals surface area contributed by atoms with E-state index < -0.39 is 6.04 Å². The van der Waals surface area contributed by atoms with Crippen LogP contribution >= 0.6 is 0 Å². The maximum absolute atomic E-state index is 13.7. The van der Waals surface area contributed by atoms with E-state index in [2.05, 4.69) is 0 Å². The van der Waals surface area contributed by atoms with Gasteiger partial charge in [-0.1, -0.05) is 39.8 Å². The van der Waals surface area contributed by atoms with E-state index in [1.54, 1.807) is 24.3 Å². The van der Waals surface area contributed by atoms with Crippen molar-refractivity contribution < 1.29 is 9.18 Å². The lowest BCUT2D eigenvalue weighted by Gasteiger charge is -2.35. The van der Waals surface area contributed by atoms with Crippen molar-refractivity contribution >= 4 is 16.8 Å². The van der Waals surface area contributed by atoms with Crippen molar-refractivity contribution in [1.82, 2.24) is 19.4 Å². The Hall–Kier alpha value is -3.06. The van der Waals surface area contributed by atoms with Crippen LogP contribution in [0.15, 0.2) is 53.3 Å². The molecule has 0 saturated carbocycles. The Bertz CT molecular complexity index is 1200. The number of hydrogen-bond acceptors (Lipinski definition) is 4. The quantitative estimate of drug-likeness (QED) is 0.478. The number of carbonyl (C=O) groups excluding carboxylic acids is 1. The molecule has 3 aromatic rings. The van der Waals surface area contributed by atoms with Gasteiger partial charge in [0.05, 0.1) is 22.6 Å². The lowest BCUT2D eigenvalue weighted by Crippen LogP contribution is -2.42. The summed E-state index contributed by atoms with van der Waals surface area (Å²) in [6.45, 7) is 9.30. The molecule has 1 amide bonds. The summed E-state index contributed by atoms with van der Waals surface area (Å²) in [5.41, 5.74) is 0.685. The second-order valence-corrected chi connectivity index (χ2v) is 10.2. The van der Waals surface area contributed by atoms with Crippen LogP contribution in [0, 0.1) is 11.2 Å². The summed E-state index contributed by atoms with van der Waals surface area (Å²) < 4.78 is 15.2. The predicted octanol–water partition coefficient (Wildman–Crippen LogP) is 4.80. The molecule has 0 aliphatic carbocycles. The summed E-state index contributed by atoms with van der Waals surface area (Å²) >= 11 is 0. The van der Waals surface area contributed by atoms with Crippen LogP contribution in [0.4, 0.5) is 4.39 Å². The SMILES string of the molecule is CCC(c1nc2ccccc2c(=O)n1-c1ccc(F)cc1)N(CCN(C)C)C(=O)CC(C)(C)C. The van der Waals surface area contributed by atoms with Crippen LogP contribution in [-0.2, 0) is 4.79 Å². The van der Waals surface area contributed by atoms with Gasteiger partial charge in [-0.05, 0) is 62.3 Å². The molecule has 3 rings (SSSR count). The summed E-state index contributed by atoms with van der Waals surface area (Å²) in [6.07, 6.45) is 0.959. The van der Waals surface area contributed by atoms with Gasteiger partial charge in [-0.25, -0.2) is 9.37 Å². The first kappa shape index (κ1) is 25.6. The third-order valence-electron chi connectivity index (χ3n) is 5.74. The number of aromatic nitrogens is 2. The Balaban J connectivity index is 2.24. The van der Waals surface area contributed by atoms with Gasteiger partial charge in [-0.3, -0.25) is 14.2 Å². The Morgan fingerprint density at radius 2 is 1.71 bits per heavy atom. The Morgan fingerprint density at radius 3 is 2.29 bits per heavy atom. The number of rotatable bonds is 8. The van der Waals surface area contributed by atoms with E-state index in [9.17, 15) is 14.0 Å². The minimum absolute atomic E-state index is 0.0225. The standard InChI is InChI=1S/C27H35FN4O2/c1-7-23(31(17-16-30(5)6)24(33)18-27(2,3)4)25-29-22-11-9-8-10-21(22)26(34)32(25)20-14-12-19(28)13-15-20/h8-15,23H,7,16-18H2,1-6H3. The third-order valence-corrected chi connectivity index (χ3v) is 5.74. The highest BCUT2D eigenvalue weighted by Gasteiger charge is 2.31. The molecule has 0 radical (unpaired) electrons. The molecule has 7 heteroatoms. The fourth-order valence-corrected chi connectivity index (χ4v) is 4.07. The molecule has 1 unspecified atom stereocenters. The minimum Gasteiger partial charge on any atom is -0.331 e. The van der Waals surface area contributed by atoms with Gasteiger partial charge in [0, 0.05) is 19.5 Å². The molecular weight excluding hydrogens is 431 g/mol. The molecule has 34 heavy (non-hydrogen) atoms. The number of nitrogens with zero attached hydrogens (tertiary/aromatic N) is 4. The average molecular weight is 467 g/mol. The highest BCUT2D eigenvalue weighted by Crippen LogP contribution is 2.29. The van der Waals surface area contributed by atoms with Crippen molar-refractivity contribution in [3.8, 4) is 5.69 Å². The summed E-state index contributed by atoms with van der Waals surface area (Å²) in [7, 11) is 3.94. The average Bonchev–Trinajstić information content (AvgIpc) is 2.76. The molecule has 0 aliphatic heterocycles. The van der Waals surface area contributed by atoms with E-state index in [4.69, 9.17) is 4.98 Å². The molecule has 0 spiro atoms. The topological polar surface area (TPSA) is 58.4 Å². The van der Waals surface area contributed by atoms with Gasteiger partial charge in [0.2, 0.25) is 5.91 Å². The van der Waals surface area contributed by atoms with E-state index in [1.807, 2.05) is 63.7 Å². The second-order valence-electron chi connectivity index (χ2n) is 10.2. The van der Waals surface area contributed by atoms with Crippen LogP contribution in [0.5, 0.6) is 0 Å². The number of amides is 1. The third kappa shape index (κ3) is 5.89. The van der Waals surface area contributed by atoms with Crippen LogP contribution < -0.4 is 5.56 Å². The number of carbonyl (C=O) groups is 1. The van der Waals surface area contributed by atoms with E-state index in [-0.39, 0.29) is 22.7 Å². The van der Waals surface area contributed by atoms with E-state index in [1.165, 1.54) is 16.7 Å². The van der Waals surface area contributed by atoms with Gasteiger partial charge >= 0.3 is 0 Å². The molecule has 0 fully saturated rings. The highest BCUT2D eigenvalue weighted by molar-refractivity contribution is 5.79. The summed E-state index contributed by atoms with van der Waals surface area (Å²) in [5.74, 6) is 0.125. The minimum atomic E-state index is -0.419. The Kier molecular flexibility index (Phi) is 7.87. The Labute approximate surface area is 201 Å². The number of para-hydroxylation sites is 1. The van der Waals surface area contributed by atoms with Gasteiger partial charge in [-0.2, -0.15) is 0 Å². The number of fused-ring (bicyclic) bond motifs is 1. The predicted molar refractivity (Wildman–Crippen MR) is 135 cm³/mol. The van der Waals surface area contributed by atoms with Crippen molar-refractivity contribution in [3.05, 3.63) is 70.5 Å². The number of benzene rings is 2. The van der Waals surface area contributed by atoms with Crippen molar-refractivity contribution in [3.63, 3.8) is 0 Å². The fourth-order valence-electron chi connectivity index (χ4n) is 4.07. The number of likely N-dealkylation sites (N-methyl/N-ethyl adjacent to an activating group) is 1. The second kappa shape index (κ2) is 10.5. The number of halogens is 1.